The highest BCUT2D eigenvalue weighted by molar-refractivity contribution is 5.73. The van der Waals surface area contributed by atoms with Crippen LogP contribution >= 0.6 is 0 Å². The van der Waals surface area contributed by atoms with Crippen LogP contribution in [0.2, 0.25) is 0 Å². The first kappa shape index (κ1) is 18.2. The highest BCUT2D eigenvalue weighted by Gasteiger charge is 2.40. The van der Waals surface area contributed by atoms with Gasteiger partial charge in [0.1, 0.15) is 0 Å². The molecule has 0 saturated heterocycles. The Morgan fingerprint density at radius 2 is 1.91 bits per heavy atom. The number of hydrogen-bond donors (Lipinski definition) is 1. The summed E-state index contributed by atoms with van der Waals surface area (Å²) in [7, 11) is 0. The monoisotopic (exact) mass is 300 g/mol. The predicted octanol–water partition coefficient (Wildman–Crippen LogP) is 5.43. The van der Waals surface area contributed by atoms with Gasteiger partial charge in [-0.05, 0) is 43.6 Å². The summed E-state index contributed by atoms with van der Waals surface area (Å²) in [5, 5.41) is 9.82. The van der Waals surface area contributed by atoms with E-state index in [9.17, 15) is 9.90 Å². The normalized spacial score (nSPS) is 16.2. The van der Waals surface area contributed by atoms with E-state index in [-0.39, 0.29) is 5.92 Å². The molecule has 0 aromatic heterocycles. The van der Waals surface area contributed by atoms with E-state index < -0.39 is 17.3 Å². The van der Waals surface area contributed by atoms with Crippen LogP contribution in [-0.2, 0) is 4.79 Å². The Kier molecular flexibility index (Phi) is 6.61. The van der Waals surface area contributed by atoms with E-state index in [0.29, 0.717) is 0 Å². The molecular formula is C20H28O2. The molecule has 120 valence electrons. The first-order chi connectivity index (χ1) is 10.3. The van der Waals surface area contributed by atoms with Gasteiger partial charge in [-0.15, -0.1) is 6.58 Å². The van der Waals surface area contributed by atoms with Crippen molar-refractivity contribution in [2.24, 2.45) is 11.3 Å². The first-order valence-electron chi connectivity index (χ1n) is 7.86. The van der Waals surface area contributed by atoms with Crippen LogP contribution in [0, 0.1) is 11.3 Å². The van der Waals surface area contributed by atoms with Gasteiger partial charge in [-0.2, -0.15) is 0 Å². The molecule has 1 N–H and O–H groups in total. The van der Waals surface area contributed by atoms with Crippen molar-refractivity contribution < 1.29 is 9.90 Å². The number of benzene rings is 1. The van der Waals surface area contributed by atoms with Gasteiger partial charge in [0.05, 0.1) is 5.92 Å². The molecule has 3 unspecified atom stereocenters. The van der Waals surface area contributed by atoms with Gasteiger partial charge >= 0.3 is 5.97 Å². The average molecular weight is 300 g/mol. The molecule has 1 aromatic rings. The van der Waals surface area contributed by atoms with E-state index in [1.54, 1.807) is 0 Å². The molecule has 0 fully saturated rings. The molecule has 0 aliphatic heterocycles. The standard InChI is InChI=1S/C20H28O2/c1-6-20(5,14-10-11-15(2)3)18(19(21)22)16(4)17-12-8-7-9-13-17/h6-9,11-13,16,18H,1,10,14H2,2-5H3,(H,21,22). The first-order valence-corrected chi connectivity index (χ1v) is 7.86. The third kappa shape index (κ3) is 4.59. The maximum atomic E-state index is 12.0. The fourth-order valence-corrected chi connectivity index (χ4v) is 3.07. The molecule has 1 rings (SSSR count). The van der Waals surface area contributed by atoms with Crippen molar-refractivity contribution in [2.75, 3.05) is 0 Å². The smallest absolute Gasteiger partial charge is 0.307 e. The molecule has 0 bridgehead atoms. The largest absolute Gasteiger partial charge is 0.481 e. The summed E-state index contributed by atoms with van der Waals surface area (Å²) in [5.41, 5.74) is 1.88. The number of carboxylic acids is 1. The van der Waals surface area contributed by atoms with Crippen molar-refractivity contribution in [3.05, 3.63) is 60.2 Å². The van der Waals surface area contributed by atoms with Gasteiger partial charge in [0.2, 0.25) is 0 Å². The lowest BCUT2D eigenvalue weighted by Crippen LogP contribution is -2.35. The number of rotatable bonds is 8. The molecule has 0 heterocycles. The third-order valence-corrected chi connectivity index (χ3v) is 4.50. The van der Waals surface area contributed by atoms with Crippen LogP contribution in [0.3, 0.4) is 0 Å². The minimum atomic E-state index is -0.754. The summed E-state index contributed by atoms with van der Waals surface area (Å²) in [6.07, 6.45) is 5.64. The molecule has 0 amide bonds. The van der Waals surface area contributed by atoms with Gasteiger partial charge < -0.3 is 5.11 Å². The van der Waals surface area contributed by atoms with Gasteiger partial charge in [0.25, 0.3) is 0 Å². The molecule has 2 heteroatoms. The lowest BCUT2D eigenvalue weighted by molar-refractivity contribution is -0.146. The summed E-state index contributed by atoms with van der Waals surface area (Å²) >= 11 is 0. The number of aliphatic carboxylic acids is 1. The van der Waals surface area contributed by atoms with Gasteiger partial charge in [0, 0.05) is 0 Å². The molecule has 0 saturated carbocycles. The maximum absolute atomic E-state index is 12.0. The molecule has 0 spiro atoms. The van der Waals surface area contributed by atoms with Crippen LogP contribution in [0.1, 0.15) is 52.0 Å². The van der Waals surface area contributed by atoms with Crippen molar-refractivity contribution in [2.45, 2.75) is 46.5 Å². The van der Waals surface area contributed by atoms with Crippen molar-refractivity contribution in [3.8, 4) is 0 Å². The van der Waals surface area contributed by atoms with Gasteiger partial charge in [-0.1, -0.05) is 61.9 Å². The molecular weight excluding hydrogens is 272 g/mol. The molecule has 2 nitrogen and oxygen atoms in total. The molecule has 1 aromatic carbocycles. The summed E-state index contributed by atoms with van der Waals surface area (Å²) < 4.78 is 0. The Morgan fingerprint density at radius 1 is 1.32 bits per heavy atom. The highest BCUT2D eigenvalue weighted by atomic mass is 16.4. The second kappa shape index (κ2) is 7.98. The van der Waals surface area contributed by atoms with Crippen LogP contribution < -0.4 is 0 Å². The van der Waals surface area contributed by atoms with E-state index in [2.05, 4.69) is 26.5 Å². The summed E-state index contributed by atoms with van der Waals surface area (Å²) in [4.78, 5) is 12.0. The Morgan fingerprint density at radius 3 is 2.36 bits per heavy atom. The molecule has 3 atom stereocenters. The van der Waals surface area contributed by atoms with E-state index >= 15 is 0 Å². The molecule has 0 aliphatic carbocycles. The van der Waals surface area contributed by atoms with Crippen LogP contribution in [0.15, 0.2) is 54.6 Å². The van der Waals surface area contributed by atoms with Gasteiger partial charge in [0.15, 0.2) is 0 Å². The average Bonchev–Trinajstić information content (AvgIpc) is 2.47. The lowest BCUT2D eigenvalue weighted by Gasteiger charge is -2.36. The molecule has 22 heavy (non-hydrogen) atoms. The molecule has 0 radical (unpaired) electrons. The van der Waals surface area contributed by atoms with E-state index in [1.165, 1.54) is 5.57 Å². The minimum Gasteiger partial charge on any atom is -0.481 e. The van der Waals surface area contributed by atoms with Crippen molar-refractivity contribution >= 4 is 5.97 Å². The quantitative estimate of drug-likeness (QED) is 0.650. The Bertz CT molecular complexity index is 526. The van der Waals surface area contributed by atoms with Crippen LogP contribution in [0.25, 0.3) is 0 Å². The second-order valence-electron chi connectivity index (χ2n) is 6.55. The van der Waals surface area contributed by atoms with Gasteiger partial charge in [-0.3, -0.25) is 4.79 Å². The van der Waals surface area contributed by atoms with Crippen molar-refractivity contribution in [1.82, 2.24) is 0 Å². The Balaban J connectivity index is 3.07. The van der Waals surface area contributed by atoms with Crippen LogP contribution in [0.5, 0.6) is 0 Å². The zero-order valence-corrected chi connectivity index (χ0v) is 14.2. The fraction of sp³-hybridized carbons (Fsp3) is 0.450. The topological polar surface area (TPSA) is 37.3 Å². The third-order valence-electron chi connectivity index (χ3n) is 4.50. The fourth-order valence-electron chi connectivity index (χ4n) is 3.07. The number of allylic oxidation sites excluding steroid dienone is 3. The lowest BCUT2D eigenvalue weighted by atomic mass is 9.67. The number of hydrogen-bond acceptors (Lipinski definition) is 1. The van der Waals surface area contributed by atoms with E-state index in [0.717, 1.165) is 18.4 Å². The van der Waals surface area contributed by atoms with E-state index in [1.807, 2.05) is 50.3 Å². The summed E-state index contributed by atoms with van der Waals surface area (Å²) in [6.45, 7) is 12.1. The minimum absolute atomic E-state index is 0.0617. The zero-order chi connectivity index (χ0) is 16.8. The predicted molar refractivity (Wildman–Crippen MR) is 93.0 cm³/mol. The van der Waals surface area contributed by atoms with E-state index in [4.69, 9.17) is 0 Å². The second-order valence-corrected chi connectivity index (χ2v) is 6.55. The maximum Gasteiger partial charge on any atom is 0.307 e. The van der Waals surface area contributed by atoms with Crippen LogP contribution in [0.4, 0.5) is 0 Å². The zero-order valence-electron chi connectivity index (χ0n) is 14.2. The summed E-state index contributed by atoms with van der Waals surface area (Å²) in [5.74, 6) is -1.30. The SMILES string of the molecule is C=CC(C)(CCC=C(C)C)C(C(=O)O)C(C)c1ccccc1. The van der Waals surface area contributed by atoms with Crippen LogP contribution in [-0.4, -0.2) is 11.1 Å². The van der Waals surface area contributed by atoms with Crippen molar-refractivity contribution in [1.29, 1.82) is 0 Å². The van der Waals surface area contributed by atoms with Crippen molar-refractivity contribution in [3.63, 3.8) is 0 Å². The molecule has 0 aliphatic rings. The summed E-state index contributed by atoms with van der Waals surface area (Å²) in [6, 6.07) is 9.87. The Hall–Kier alpha value is -1.83. The number of carboxylic acid groups (broad SMARTS) is 1. The Labute approximate surface area is 134 Å². The van der Waals surface area contributed by atoms with Gasteiger partial charge in [-0.25, -0.2) is 0 Å². The highest BCUT2D eigenvalue weighted by Crippen LogP contribution is 2.42. The number of carbonyl (C=O) groups is 1.